The first-order chi connectivity index (χ1) is 37.3. The van der Waals surface area contributed by atoms with Crippen molar-refractivity contribution in [2.75, 3.05) is 19.8 Å². The number of carbonyl (C=O) groups is 2. The summed E-state index contributed by atoms with van der Waals surface area (Å²) in [5, 5.41) is 107. The number of carboxylic acids is 2. The molecule has 5 saturated heterocycles. The predicted octanol–water partition coefficient (Wildman–Crippen LogP) is -13.7. The number of carboxylic acid groups (broad SMARTS) is 2. The smallest absolute Gasteiger partial charge is 0.397 e. The van der Waals surface area contributed by atoms with Gasteiger partial charge in [-0.25, -0.2) is 26.3 Å². The topological polar surface area (TPSA) is 733 Å². The van der Waals surface area contributed by atoms with Crippen LogP contribution in [0.3, 0.4) is 0 Å². The molecule has 5 rings (SSSR count). The van der Waals surface area contributed by atoms with Crippen molar-refractivity contribution >= 4 is 74.1 Å². The van der Waals surface area contributed by atoms with Gasteiger partial charge >= 0.3 is 74.1 Å². The molecule has 5 aliphatic rings. The Kier molecular flexibility index (Phi) is 23.0. The number of ether oxygens (including phenoxy) is 9. The molecular weight excluding hydrogens is 1280 g/mol. The molecule has 52 heteroatoms. The summed E-state index contributed by atoms with van der Waals surface area (Å²) in [4.78, 5) is 25.4. The van der Waals surface area contributed by atoms with Gasteiger partial charge in [0, 0.05) is 0 Å². The van der Waals surface area contributed by atoms with Gasteiger partial charge in [-0.05, 0) is 0 Å². The number of aliphatic carboxylic acids is 2. The van der Waals surface area contributed by atoms with Gasteiger partial charge in [0.1, 0.15) is 97.5 Å². The van der Waals surface area contributed by atoms with Gasteiger partial charge in [0.2, 0.25) is 0 Å². The van der Waals surface area contributed by atoms with Crippen LogP contribution in [0.5, 0.6) is 0 Å². The fourth-order valence-corrected chi connectivity index (χ4v) is 11.2. The summed E-state index contributed by atoms with van der Waals surface area (Å²) < 4.78 is 265. The zero-order chi connectivity index (χ0) is 62.3. The highest BCUT2D eigenvalue weighted by Gasteiger charge is 2.60. The van der Waals surface area contributed by atoms with E-state index in [4.69, 9.17) is 57.5 Å². The van der Waals surface area contributed by atoms with Crippen LogP contribution in [0.15, 0.2) is 0 Å². The Morgan fingerprint density at radius 2 is 0.866 bits per heavy atom. The second-order valence-electron chi connectivity index (χ2n) is 17.4. The Morgan fingerprint density at radius 3 is 1.35 bits per heavy atom. The molecule has 20 N–H and O–H groups in total. The second kappa shape index (κ2) is 26.8. The van der Waals surface area contributed by atoms with Crippen molar-refractivity contribution in [3.63, 3.8) is 0 Å². The lowest BCUT2D eigenvalue weighted by molar-refractivity contribution is -0.372. The summed E-state index contributed by atoms with van der Waals surface area (Å²) >= 11 is 0. The Labute approximate surface area is 458 Å². The molecule has 0 saturated carbocycles. The molecule has 5 heterocycles. The molecule has 0 aliphatic carbocycles. The molecule has 480 valence electrons. The van der Waals surface area contributed by atoms with Crippen molar-refractivity contribution in [3.8, 4) is 0 Å². The summed E-state index contributed by atoms with van der Waals surface area (Å²) in [7, 11) is -33.6. The Bertz CT molecular complexity index is 2920. The SMILES string of the molecule is N[C@H]1[C@@H](O[C@H]2[C@H](O)[C@@H](OS(=O)(=O)O)[C@H](O[C@H]3[C@H](O)[C@@H](NS(=O)(=O)O)C(O)O[C@@H]3COS(=O)(=O)O)O[C@H]2C(=O)O)O[C@H](CO)[C@@H](O[C@@H]2O[C@H](C(=O)O)[C@@H](O[C@H]3O[C@H](COS(=O)(=O)O)[C@@H](O)[C@H](O)[C@H]3NS(=O)(=O)O)[C@H](O)[C@H]2O)[C@@H]1OS(=O)(=O)O. The lowest BCUT2D eigenvalue weighted by Crippen LogP contribution is -2.70. The fourth-order valence-electron chi connectivity index (χ4n) is 8.39. The van der Waals surface area contributed by atoms with Crippen molar-refractivity contribution < 1.29 is 198 Å². The molecule has 5 aliphatic heterocycles. The molecule has 0 bridgehead atoms. The lowest BCUT2D eigenvalue weighted by Gasteiger charge is -2.50. The molecule has 82 heavy (non-hydrogen) atoms. The predicted molar refractivity (Wildman–Crippen MR) is 236 cm³/mol. The van der Waals surface area contributed by atoms with E-state index < -0.39 is 247 Å². The Balaban J connectivity index is 1.45. The van der Waals surface area contributed by atoms with E-state index in [2.05, 4.69) is 16.7 Å². The highest BCUT2D eigenvalue weighted by molar-refractivity contribution is 7.84. The number of nitrogens with two attached hydrogens (primary N) is 1. The molecule has 1 unspecified atom stereocenters. The van der Waals surface area contributed by atoms with Gasteiger partial charge in [0.15, 0.2) is 49.8 Å². The van der Waals surface area contributed by atoms with E-state index >= 15 is 0 Å². The largest absolute Gasteiger partial charge is 0.479 e. The maximum Gasteiger partial charge on any atom is 0.397 e. The number of rotatable bonds is 25. The average Bonchev–Trinajstić information content (AvgIpc) is 3.27. The molecule has 46 nitrogen and oxygen atoms in total. The van der Waals surface area contributed by atoms with Crippen LogP contribution in [-0.4, -0.2) is 314 Å². The fraction of sp³-hybridized carbons (Fsp3) is 0.933. The van der Waals surface area contributed by atoms with Crippen LogP contribution in [0.4, 0.5) is 0 Å². The number of aliphatic hydroxyl groups is 8. The van der Waals surface area contributed by atoms with E-state index in [1.807, 2.05) is 0 Å². The molecule has 0 aromatic heterocycles. The van der Waals surface area contributed by atoms with E-state index in [0.29, 0.717) is 0 Å². The highest BCUT2D eigenvalue weighted by atomic mass is 32.3. The molecular formula is C30H51N3O43S6. The van der Waals surface area contributed by atoms with Gasteiger partial charge in [-0.3, -0.25) is 27.3 Å². The van der Waals surface area contributed by atoms with Gasteiger partial charge in [-0.1, -0.05) is 0 Å². The average molecular weight is 1330 g/mol. The molecule has 0 aromatic rings. The summed E-state index contributed by atoms with van der Waals surface area (Å²) in [5.74, 6) is -4.53. The Hall–Kier alpha value is -2.56. The molecule has 0 aromatic carbocycles. The lowest BCUT2D eigenvalue weighted by atomic mass is 9.94. The first kappa shape index (κ1) is 70.2. The third-order valence-electron chi connectivity index (χ3n) is 11.8. The number of nitrogens with one attached hydrogen (secondary N) is 2. The first-order valence-corrected chi connectivity index (χ1v) is 30.2. The van der Waals surface area contributed by atoms with E-state index in [1.165, 1.54) is 9.44 Å². The summed E-state index contributed by atoms with van der Waals surface area (Å²) in [6.07, 6.45) is -58.3. The zero-order valence-electron chi connectivity index (χ0n) is 39.8. The zero-order valence-corrected chi connectivity index (χ0v) is 44.7. The third-order valence-corrected chi connectivity index (χ3v) is 14.7. The maximum absolute atomic E-state index is 12.8. The van der Waals surface area contributed by atoms with Gasteiger partial charge in [0.05, 0.1) is 25.9 Å². The van der Waals surface area contributed by atoms with Crippen LogP contribution in [0.2, 0.25) is 0 Å². The van der Waals surface area contributed by atoms with Gasteiger partial charge in [-0.2, -0.15) is 60.0 Å². The third kappa shape index (κ3) is 18.7. The number of aliphatic hydroxyl groups excluding tert-OH is 8. The first-order valence-electron chi connectivity index (χ1n) is 21.8. The van der Waals surface area contributed by atoms with Crippen molar-refractivity contribution in [2.24, 2.45) is 5.73 Å². The summed E-state index contributed by atoms with van der Waals surface area (Å²) in [6.45, 7) is -4.48. The van der Waals surface area contributed by atoms with Crippen molar-refractivity contribution in [1.82, 2.24) is 9.44 Å². The number of hydrogen-bond acceptors (Lipinski definition) is 36. The standard InChI is InChI=1S/C30H51N3O43S6/c31-7-18(75-81(58,59)60)17(70-29-14(39)13(38)19(22(73-29)24(41)42)72-28-9(33-78(49,50)51)11(36)10(35)5(68-28)2-64-79(52,53)54)4(1-34)67-27(7)71-20-15(40)21(76-82(61,62)63)30(74-23(20)25(43)44)69-16-6(3-65-80(55,56)57)66-26(45)8(12(16)37)32-77(46,47)48/h4-23,26-30,32-40,45H,1-3,31H2,(H,41,42)(H,43,44)(H,46,47,48)(H,49,50,51)(H,52,53,54)(H,55,56,57)(H,58,59,60)(H,61,62,63)/t4-,5-,6-,7-,8-,9-,10-,11-,12-,13-,14-,15+,16-,17-,18-,19+,20+,21-,22+,23-,26?,27-,28-,29-,30-/m1/s1. The summed E-state index contributed by atoms with van der Waals surface area (Å²) in [6, 6.07) is -7.42. The monoisotopic (exact) mass is 1330 g/mol. The van der Waals surface area contributed by atoms with Crippen LogP contribution >= 0.6 is 0 Å². The van der Waals surface area contributed by atoms with Crippen molar-refractivity contribution in [1.29, 1.82) is 0 Å². The van der Waals surface area contributed by atoms with E-state index in [9.17, 15) is 129 Å². The van der Waals surface area contributed by atoms with Gasteiger partial charge in [-0.15, -0.1) is 0 Å². The quantitative estimate of drug-likeness (QED) is 0.0377. The van der Waals surface area contributed by atoms with Gasteiger partial charge < -0.3 is 99.4 Å². The molecule has 0 amide bonds. The van der Waals surface area contributed by atoms with E-state index in [1.54, 1.807) is 0 Å². The molecule has 0 radical (unpaired) electrons. The Morgan fingerprint density at radius 1 is 0.427 bits per heavy atom. The van der Waals surface area contributed by atoms with Crippen LogP contribution in [0, 0.1) is 0 Å². The van der Waals surface area contributed by atoms with E-state index in [-0.39, 0.29) is 0 Å². The summed E-state index contributed by atoms with van der Waals surface area (Å²) in [5.41, 5.74) is 6.15. The minimum absolute atomic E-state index is 1.26. The van der Waals surface area contributed by atoms with Crippen LogP contribution < -0.4 is 15.2 Å². The molecule has 5 fully saturated rings. The minimum atomic E-state index is -5.97. The van der Waals surface area contributed by atoms with E-state index in [0.717, 1.165) is 0 Å². The van der Waals surface area contributed by atoms with Gasteiger partial charge in [0.25, 0.3) is 0 Å². The normalized spacial score (nSPS) is 41.2. The second-order valence-corrected chi connectivity index (χ2v) is 24.1. The van der Waals surface area contributed by atoms with Crippen molar-refractivity contribution in [3.05, 3.63) is 0 Å². The minimum Gasteiger partial charge on any atom is -0.479 e. The van der Waals surface area contributed by atoms with Crippen LogP contribution in [0.1, 0.15) is 0 Å². The van der Waals surface area contributed by atoms with Crippen molar-refractivity contribution in [2.45, 2.75) is 153 Å². The van der Waals surface area contributed by atoms with Crippen LogP contribution in [0.25, 0.3) is 0 Å². The number of hydrogen-bond donors (Lipinski definition) is 19. The van der Waals surface area contributed by atoms with Crippen LogP contribution in [-0.2, 0) is 131 Å². The highest BCUT2D eigenvalue weighted by Crippen LogP contribution is 2.37. The molecule has 25 atom stereocenters. The maximum atomic E-state index is 12.8. The molecule has 0 spiro atoms.